The molecule has 0 saturated heterocycles. The van der Waals surface area contributed by atoms with E-state index in [9.17, 15) is 0 Å². The third-order valence-corrected chi connectivity index (χ3v) is 8.16. The molecule has 1 aliphatic carbocycles. The van der Waals surface area contributed by atoms with Gasteiger partial charge in [-0.3, -0.25) is 4.98 Å². The summed E-state index contributed by atoms with van der Waals surface area (Å²) in [6.07, 6.45) is 5.78. The van der Waals surface area contributed by atoms with Crippen molar-refractivity contribution in [2.24, 2.45) is 0 Å². The second-order valence-electron chi connectivity index (χ2n) is 10.1. The van der Waals surface area contributed by atoms with Gasteiger partial charge in [-0.05, 0) is 68.4 Å². The van der Waals surface area contributed by atoms with Crippen LogP contribution in [0.4, 0.5) is 0 Å². The monoisotopic (exact) mass is 482 g/mol. The smallest absolute Gasteiger partial charge is 0.303 e. The molecule has 0 radical (unpaired) electrons. The highest BCUT2D eigenvalue weighted by molar-refractivity contribution is 6.20. The summed E-state index contributed by atoms with van der Waals surface area (Å²) in [5, 5.41) is 4.96. The maximum atomic E-state index is 4.72. The number of benzene rings is 5. The summed E-state index contributed by atoms with van der Waals surface area (Å²) < 4.78 is 6.80. The average molecular weight is 483 g/mol. The normalized spacial score (nSPS) is 12.6. The van der Waals surface area contributed by atoms with Crippen molar-refractivity contribution in [1.82, 2.24) is 14.2 Å². The lowest BCUT2D eigenvalue weighted by molar-refractivity contribution is 1.11. The number of hydrogen-bond donors (Lipinski definition) is 0. The summed E-state index contributed by atoms with van der Waals surface area (Å²) in [7, 11) is 0. The molecule has 0 unspecified atom stereocenters. The molecule has 0 fully saturated rings. The summed E-state index contributed by atoms with van der Waals surface area (Å²) in [4.78, 5) is 4.72. The van der Waals surface area contributed by atoms with Crippen LogP contribution >= 0.6 is 0 Å². The van der Waals surface area contributed by atoms with Crippen molar-refractivity contribution >= 4 is 45.0 Å². The molecule has 1 aliphatic heterocycles. The first kappa shape index (κ1) is 19.9. The molecule has 3 nitrogen and oxygen atoms in total. The lowest BCUT2D eigenvalue weighted by Gasteiger charge is -2.12. The first-order valence-corrected chi connectivity index (χ1v) is 12.9. The molecule has 3 heterocycles. The zero-order valence-corrected chi connectivity index (χ0v) is 20.4. The minimum absolute atomic E-state index is 1.02. The van der Waals surface area contributed by atoms with Crippen LogP contribution in [0, 0.1) is 0 Å². The Morgan fingerprint density at radius 3 is 2.24 bits per heavy atom. The summed E-state index contributed by atoms with van der Waals surface area (Å²) in [5.41, 5.74) is 13.3. The van der Waals surface area contributed by atoms with Crippen LogP contribution in [0.2, 0.25) is 0 Å². The van der Waals surface area contributed by atoms with Gasteiger partial charge in [0, 0.05) is 22.7 Å². The summed E-state index contributed by atoms with van der Waals surface area (Å²) in [5.74, 6) is 0. The van der Waals surface area contributed by atoms with Crippen LogP contribution in [0.15, 0.2) is 109 Å². The Balaban J connectivity index is 1.22. The third kappa shape index (κ3) is 2.48. The van der Waals surface area contributed by atoms with Gasteiger partial charge in [0.05, 0.1) is 16.6 Å². The lowest BCUT2D eigenvalue weighted by atomic mass is 9.94. The number of aromatic nitrogens is 2. The molecule has 0 spiro atoms. The molecule has 0 N–H and O–H groups in total. The molecule has 2 aromatic heterocycles. The Labute approximate surface area is 218 Å². The van der Waals surface area contributed by atoms with Crippen LogP contribution in [-0.4, -0.2) is 22.0 Å². The topological polar surface area (TPSA) is 31.9 Å². The van der Waals surface area contributed by atoms with Gasteiger partial charge in [-0.2, -0.15) is 0 Å². The predicted octanol–water partition coefficient (Wildman–Crippen LogP) is 7.56. The number of rotatable bonds is 2. The van der Waals surface area contributed by atoms with E-state index < -0.39 is 0 Å². The Bertz CT molecular complexity index is 2180. The van der Waals surface area contributed by atoms with Crippen LogP contribution < -0.4 is 4.67 Å². The molecular formula is C35H20N3+. The zero-order chi connectivity index (χ0) is 24.8. The fourth-order valence-corrected chi connectivity index (χ4v) is 6.53. The maximum absolute atomic E-state index is 4.72. The standard InChI is InChI=1S/C35H20N3/c1-2-7-26-25(6-1)28-9-3-8-27-24(15-16-29(26)33(27)28)21-10-13-23(14-11-21)38-31-17-12-22-5-4-18-37-35(22)34(31)30-19-36-20-32(30)38/h1-20H/q+1. The van der Waals surface area contributed by atoms with E-state index in [1.54, 1.807) is 0 Å². The van der Waals surface area contributed by atoms with Gasteiger partial charge in [0.1, 0.15) is 5.69 Å². The molecule has 0 atom stereocenters. The minimum Gasteiger partial charge on any atom is -0.303 e. The quantitative estimate of drug-likeness (QED) is 0.234. The van der Waals surface area contributed by atoms with E-state index >= 15 is 0 Å². The molecule has 5 aromatic carbocycles. The van der Waals surface area contributed by atoms with Crippen molar-refractivity contribution in [3.8, 4) is 39.1 Å². The molecule has 0 amide bonds. The minimum atomic E-state index is 1.02. The molecule has 0 bridgehead atoms. The van der Waals surface area contributed by atoms with Crippen LogP contribution in [0.1, 0.15) is 11.3 Å². The summed E-state index contributed by atoms with van der Waals surface area (Å²) in [6, 6.07) is 37.4. The highest BCUT2D eigenvalue weighted by Crippen LogP contribution is 2.49. The molecule has 2 aliphatic rings. The number of nitrogens with zero attached hydrogens (tertiary/aromatic N) is 3. The molecule has 174 valence electrons. The Morgan fingerprint density at radius 2 is 1.37 bits per heavy atom. The van der Waals surface area contributed by atoms with E-state index in [2.05, 4.69) is 106 Å². The fraction of sp³-hybridized carbons (Fsp3) is 0. The van der Waals surface area contributed by atoms with Crippen LogP contribution in [0.3, 0.4) is 0 Å². The zero-order valence-electron chi connectivity index (χ0n) is 20.4. The van der Waals surface area contributed by atoms with Crippen molar-refractivity contribution in [2.75, 3.05) is 0 Å². The van der Waals surface area contributed by atoms with Gasteiger partial charge in [0.25, 0.3) is 0 Å². The second-order valence-corrected chi connectivity index (χ2v) is 10.1. The lowest BCUT2D eigenvalue weighted by Crippen LogP contribution is -1.99. The Morgan fingerprint density at radius 1 is 0.579 bits per heavy atom. The molecular weight excluding hydrogens is 462 g/mol. The van der Waals surface area contributed by atoms with Gasteiger partial charge in [0.15, 0.2) is 0 Å². The summed E-state index contributed by atoms with van der Waals surface area (Å²) >= 11 is 0. The number of pyridine rings is 1. The van der Waals surface area contributed by atoms with Crippen LogP contribution in [-0.2, 0) is 0 Å². The van der Waals surface area contributed by atoms with Gasteiger partial charge in [-0.15, -0.1) is 0 Å². The average Bonchev–Trinajstić information content (AvgIpc) is 3.66. The molecule has 38 heavy (non-hydrogen) atoms. The molecule has 3 heteroatoms. The van der Waals surface area contributed by atoms with Crippen molar-refractivity contribution in [2.45, 2.75) is 0 Å². The third-order valence-electron chi connectivity index (χ3n) is 8.16. The van der Waals surface area contributed by atoms with E-state index in [-0.39, 0.29) is 0 Å². The second kappa shape index (κ2) is 7.17. The van der Waals surface area contributed by atoms with Crippen molar-refractivity contribution in [3.05, 3.63) is 121 Å². The Kier molecular flexibility index (Phi) is 3.75. The van der Waals surface area contributed by atoms with Gasteiger partial charge < -0.3 is 4.57 Å². The predicted molar refractivity (Wildman–Crippen MR) is 158 cm³/mol. The van der Waals surface area contributed by atoms with Gasteiger partial charge in [-0.25, -0.2) is 0 Å². The van der Waals surface area contributed by atoms with Crippen molar-refractivity contribution < 1.29 is 0 Å². The van der Waals surface area contributed by atoms with Crippen LogP contribution in [0.5, 0.6) is 0 Å². The van der Waals surface area contributed by atoms with Crippen molar-refractivity contribution in [3.63, 3.8) is 0 Å². The first-order valence-electron chi connectivity index (χ1n) is 12.9. The number of fused-ring (bicyclic) bond motifs is 8. The van der Waals surface area contributed by atoms with E-state index in [1.165, 1.54) is 44.2 Å². The SMILES string of the molecule is C1=[N+]=Cc2c1c1c3ncccc3ccc1n2-c1ccc(-c2ccc3c4c(cccc24)-c2ccccc2-3)cc1. The number of hydrogen-bond acceptors (Lipinski definition) is 1. The first-order chi connectivity index (χ1) is 18.9. The largest absolute Gasteiger partial charge is 0.317 e. The van der Waals surface area contributed by atoms with Gasteiger partial charge >= 0.3 is 12.4 Å². The highest BCUT2D eigenvalue weighted by Gasteiger charge is 2.26. The molecule has 9 rings (SSSR count). The van der Waals surface area contributed by atoms with E-state index in [1.807, 2.05) is 24.7 Å². The van der Waals surface area contributed by atoms with E-state index in [0.717, 1.165) is 38.8 Å². The van der Waals surface area contributed by atoms with Gasteiger partial charge in [0.2, 0.25) is 0 Å². The molecule has 7 aromatic rings. The van der Waals surface area contributed by atoms with Crippen LogP contribution in [0.25, 0.3) is 71.6 Å². The fourth-order valence-electron chi connectivity index (χ4n) is 6.53. The Hall–Kier alpha value is -5.24. The highest BCUT2D eigenvalue weighted by atomic mass is 15.0. The van der Waals surface area contributed by atoms with E-state index in [4.69, 9.17) is 4.98 Å². The maximum Gasteiger partial charge on any atom is 0.317 e. The van der Waals surface area contributed by atoms with Crippen molar-refractivity contribution in [1.29, 1.82) is 0 Å². The van der Waals surface area contributed by atoms with Gasteiger partial charge in [-0.1, -0.05) is 83.5 Å². The molecule has 0 saturated carbocycles. The van der Waals surface area contributed by atoms with E-state index in [0.29, 0.717) is 0 Å². The summed E-state index contributed by atoms with van der Waals surface area (Å²) in [6.45, 7) is 0.